The summed E-state index contributed by atoms with van der Waals surface area (Å²) in [4.78, 5) is 22.2. The fourth-order valence-electron chi connectivity index (χ4n) is 1.14. The number of rotatable bonds is 3. The number of hydrogen-bond acceptors (Lipinski definition) is 5. The van der Waals surface area contributed by atoms with Crippen LogP contribution in [0.15, 0.2) is 12.3 Å². The first-order valence-electron chi connectivity index (χ1n) is 5.05. The maximum absolute atomic E-state index is 11.5. The SMILES string of the molecule is CC(C)(C)OC(=O)Cc1cc(C(=O)O)cnn1. The standard InChI is InChI=1S/C11H14N2O4/c1-11(2,3)17-9(14)5-8-4-7(10(15)16)6-12-13-8/h4,6H,5H2,1-3H3,(H,15,16). The summed E-state index contributed by atoms with van der Waals surface area (Å²) in [7, 11) is 0. The van der Waals surface area contributed by atoms with Crippen LogP contribution in [0.5, 0.6) is 0 Å². The Balaban J connectivity index is 2.72. The number of esters is 1. The Hall–Kier alpha value is -1.98. The van der Waals surface area contributed by atoms with Gasteiger partial charge in [-0.15, -0.1) is 0 Å². The van der Waals surface area contributed by atoms with Crippen LogP contribution in [-0.4, -0.2) is 32.8 Å². The van der Waals surface area contributed by atoms with Crippen LogP contribution >= 0.6 is 0 Å². The minimum Gasteiger partial charge on any atom is -0.478 e. The van der Waals surface area contributed by atoms with Crippen LogP contribution in [0.25, 0.3) is 0 Å². The van der Waals surface area contributed by atoms with Crippen LogP contribution in [0.3, 0.4) is 0 Å². The summed E-state index contributed by atoms with van der Waals surface area (Å²) in [6.07, 6.45) is 1.03. The third-order valence-corrected chi connectivity index (χ3v) is 1.70. The number of aromatic carboxylic acids is 1. The number of nitrogens with zero attached hydrogens (tertiary/aromatic N) is 2. The normalized spacial score (nSPS) is 11.0. The van der Waals surface area contributed by atoms with E-state index in [9.17, 15) is 9.59 Å². The van der Waals surface area contributed by atoms with Crippen LogP contribution in [0.1, 0.15) is 36.8 Å². The lowest BCUT2D eigenvalue weighted by Gasteiger charge is -2.19. The van der Waals surface area contributed by atoms with E-state index in [1.165, 1.54) is 6.07 Å². The van der Waals surface area contributed by atoms with E-state index in [0.29, 0.717) is 0 Å². The molecule has 1 aromatic rings. The van der Waals surface area contributed by atoms with Gasteiger partial charge in [0.05, 0.1) is 23.9 Å². The van der Waals surface area contributed by atoms with Gasteiger partial charge in [-0.3, -0.25) is 4.79 Å². The van der Waals surface area contributed by atoms with E-state index in [1.54, 1.807) is 20.8 Å². The highest BCUT2D eigenvalue weighted by Crippen LogP contribution is 2.09. The van der Waals surface area contributed by atoms with Gasteiger partial charge < -0.3 is 9.84 Å². The predicted octanol–water partition coefficient (Wildman–Crippen LogP) is 1.06. The Kier molecular flexibility index (Phi) is 3.77. The summed E-state index contributed by atoms with van der Waals surface area (Å²) in [5.41, 5.74) is -0.299. The molecule has 0 aliphatic carbocycles. The van der Waals surface area contributed by atoms with E-state index in [4.69, 9.17) is 9.84 Å². The lowest BCUT2D eigenvalue weighted by Crippen LogP contribution is -2.25. The third kappa shape index (κ3) is 4.58. The van der Waals surface area contributed by atoms with Crippen LogP contribution in [0.4, 0.5) is 0 Å². The van der Waals surface area contributed by atoms with Crippen molar-refractivity contribution in [3.05, 3.63) is 23.5 Å². The van der Waals surface area contributed by atoms with E-state index in [2.05, 4.69) is 10.2 Å². The van der Waals surface area contributed by atoms with Gasteiger partial charge in [-0.1, -0.05) is 0 Å². The van der Waals surface area contributed by atoms with Gasteiger partial charge in [-0.25, -0.2) is 4.79 Å². The molecule has 6 heteroatoms. The minimum absolute atomic E-state index is 0.00133. The Morgan fingerprint density at radius 2 is 2.06 bits per heavy atom. The molecule has 0 unspecified atom stereocenters. The Labute approximate surface area is 98.6 Å². The number of ether oxygens (including phenoxy) is 1. The lowest BCUT2D eigenvalue weighted by molar-refractivity contribution is -0.154. The molecule has 6 nitrogen and oxygen atoms in total. The molecule has 92 valence electrons. The molecular formula is C11H14N2O4. The zero-order valence-corrected chi connectivity index (χ0v) is 9.93. The molecule has 0 saturated heterocycles. The first kappa shape index (κ1) is 13.1. The average Bonchev–Trinajstić information content (AvgIpc) is 2.14. The number of carboxylic acids is 1. The molecule has 0 amide bonds. The molecule has 0 fully saturated rings. The summed E-state index contributed by atoms with van der Waals surface area (Å²) in [6.45, 7) is 5.26. The molecule has 0 bridgehead atoms. The van der Waals surface area contributed by atoms with Crippen molar-refractivity contribution < 1.29 is 19.4 Å². The van der Waals surface area contributed by atoms with Crippen molar-refractivity contribution >= 4 is 11.9 Å². The fraction of sp³-hybridized carbons (Fsp3) is 0.455. The van der Waals surface area contributed by atoms with E-state index in [-0.39, 0.29) is 17.7 Å². The van der Waals surface area contributed by atoms with Gasteiger partial charge in [0.15, 0.2) is 0 Å². The second-order valence-electron chi connectivity index (χ2n) is 4.50. The Morgan fingerprint density at radius 1 is 1.41 bits per heavy atom. The monoisotopic (exact) mass is 238 g/mol. The van der Waals surface area contributed by atoms with E-state index in [1.807, 2.05) is 0 Å². The average molecular weight is 238 g/mol. The molecule has 17 heavy (non-hydrogen) atoms. The summed E-state index contributed by atoms with van der Waals surface area (Å²) < 4.78 is 5.09. The molecule has 1 heterocycles. The Bertz CT molecular complexity index is 437. The topological polar surface area (TPSA) is 89.4 Å². The quantitative estimate of drug-likeness (QED) is 0.792. The van der Waals surface area contributed by atoms with Gasteiger partial charge >= 0.3 is 11.9 Å². The van der Waals surface area contributed by atoms with Gasteiger partial charge in [0.2, 0.25) is 0 Å². The van der Waals surface area contributed by atoms with Gasteiger partial charge in [-0.05, 0) is 26.8 Å². The van der Waals surface area contributed by atoms with Crippen molar-refractivity contribution in [2.45, 2.75) is 32.8 Å². The van der Waals surface area contributed by atoms with Gasteiger partial charge in [0, 0.05) is 0 Å². The van der Waals surface area contributed by atoms with Crippen LogP contribution in [-0.2, 0) is 16.0 Å². The van der Waals surface area contributed by atoms with Crippen LogP contribution in [0, 0.1) is 0 Å². The largest absolute Gasteiger partial charge is 0.478 e. The van der Waals surface area contributed by atoms with Gasteiger partial charge in [0.25, 0.3) is 0 Å². The van der Waals surface area contributed by atoms with Crippen molar-refractivity contribution in [2.75, 3.05) is 0 Å². The van der Waals surface area contributed by atoms with Crippen molar-refractivity contribution in [1.29, 1.82) is 0 Å². The van der Waals surface area contributed by atoms with Gasteiger partial charge in [-0.2, -0.15) is 10.2 Å². The summed E-state index contributed by atoms with van der Waals surface area (Å²) in [6, 6.07) is 1.30. The predicted molar refractivity (Wildman–Crippen MR) is 58.5 cm³/mol. The molecule has 0 aliphatic heterocycles. The minimum atomic E-state index is -1.11. The molecular weight excluding hydrogens is 224 g/mol. The van der Waals surface area contributed by atoms with Crippen molar-refractivity contribution in [2.24, 2.45) is 0 Å². The first-order chi connectivity index (χ1) is 7.78. The first-order valence-corrected chi connectivity index (χ1v) is 5.05. The molecule has 0 atom stereocenters. The van der Waals surface area contributed by atoms with Gasteiger partial charge in [0.1, 0.15) is 5.60 Å². The Morgan fingerprint density at radius 3 is 2.59 bits per heavy atom. The molecule has 0 aliphatic rings. The second-order valence-corrected chi connectivity index (χ2v) is 4.50. The van der Waals surface area contributed by atoms with Crippen LogP contribution < -0.4 is 0 Å². The highest BCUT2D eigenvalue weighted by atomic mass is 16.6. The number of carbonyl (C=O) groups excluding carboxylic acids is 1. The van der Waals surface area contributed by atoms with E-state index in [0.717, 1.165) is 6.20 Å². The smallest absolute Gasteiger partial charge is 0.337 e. The van der Waals surface area contributed by atoms with Crippen molar-refractivity contribution in [3.8, 4) is 0 Å². The number of hydrogen-bond donors (Lipinski definition) is 1. The molecule has 1 rings (SSSR count). The third-order valence-electron chi connectivity index (χ3n) is 1.70. The molecule has 0 radical (unpaired) electrons. The number of carbonyl (C=O) groups is 2. The van der Waals surface area contributed by atoms with E-state index < -0.39 is 17.5 Å². The maximum Gasteiger partial charge on any atom is 0.337 e. The summed E-state index contributed by atoms with van der Waals surface area (Å²) >= 11 is 0. The van der Waals surface area contributed by atoms with E-state index >= 15 is 0 Å². The highest BCUT2D eigenvalue weighted by molar-refractivity contribution is 5.87. The number of aromatic nitrogens is 2. The maximum atomic E-state index is 11.5. The van der Waals surface area contributed by atoms with Crippen LogP contribution in [0.2, 0.25) is 0 Å². The lowest BCUT2D eigenvalue weighted by atomic mass is 10.2. The van der Waals surface area contributed by atoms with Crippen molar-refractivity contribution in [1.82, 2.24) is 10.2 Å². The zero-order valence-electron chi connectivity index (χ0n) is 9.93. The molecule has 0 saturated carbocycles. The molecule has 0 aromatic carbocycles. The zero-order chi connectivity index (χ0) is 13.1. The number of carboxylic acid groups (broad SMARTS) is 1. The van der Waals surface area contributed by atoms with Crippen molar-refractivity contribution in [3.63, 3.8) is 0 Å². The molecule has 1 aromatic heterocycles. The highest BCUT2D eigenvalue weighted by Gasteiger charge is 2.17. The second kappa shape index (κ2) is 4.90. The molecule has 1 N–H and O–H groups in total. The summed E-state index contributed by atoms with van der Waals surface area (Å²) in [5, 5.41) is 15.9. The fourth-order valence-corrected chi connectivity index (χ4v) is 1.14. The molecule has 0 spiro atoms. The summed E-state index contributed by atoms with van der Waals surface area (Å²) in [5.74, 6) is -1.57.